The van der Waals surface area contributed by atoms with Gasteiger partial charge in [-0.25, -0.2) is 4.79 Å². The van der Waals surface area contributed by atoms with Crippen LogP contribution in [-0.4, -0.2) is 48.8 Å². The third kappa shape index (κ3) is 5.53. The van der Waals surface area contributed by atoms with Gasteiger partial charge in [0.25, 0.3) is 11.5 Å². The molecule has 2 atom stereocenters. The molecule has 4 heterocycles. The number of nitrogens with zero attached hydrogens (tertiary/aromatic N) is 5. The summed E-state index contributed by atoms with van der Waals surface area (Å²) in [5, 5.41) is 19.1. The fourth-order valence-corrected chi connectivity index (χ4v) is 4.43. The van der Waals surface area contributed by atoms with Crippen molar-refractivity contribution in [2.45, 2.75) is 25.8 Å². The highest BCUT2D eigenvalue weighted by molar-refractivity contribution is 9.10. The molecule has 1 aliphatic heterocycles. The fourth-order valence-electron chi connectivity index (χ4n) is 4.07. The van der Waals surface area contributed by atoms with Crippen LogP contribution < -0.4 is 11.2 Å². The number of rotatable bonds is 7. The van der Waals surface area contributed by atoms with E-state index in [0.717, 1.165) is 0 Å². The monoisotopic (exact) mass is 608 g/mol. The van der Waals surface area contributed by atoms with Crippen LogP contribution in [0.1, 0.15) is 22.1 Å². The maximum absolute atomic E-state index is 12.7. The summed E-state index contributed by atoms with van der Waals surface area (Å²) in [5.74, 6) is -1.68. The van der Waals surface area contributed by atoms with Gasteiger partial charge in [0, 0.05) is 39.6 Å². The number of aromatic hydroxyl groups is 1. The molecular formula is C26H21BrN6O7. The maximum atomic E-state index is 12.7. The minimum absolute atomic E-state index is 0.0121. The zero-order valence-corrected chi connectivity index (χ0v) is 22.4. The van der Waals surface area contributed by atoms with Crippen molar-refractivity contribution in [3.63, 3.8) is 0 Å². The SMILES string of the molecule is Cc1cn(C2C=CC(COC(=O)Cn3c(O)c(N=NC(=O)c4ccncc4)c4cc(Br)ccc43)O2)c(=O)[nH]c1=O. The smallest absolute Gasteiger partial charge is 0.330 e. The van der Waals surface area contributed by atoms with E-state index >= 15 is 0 Å². The van der Waals surface area contributed by atoms with E-state index in [2.05, 4.69) is 36.1 Å². The molecule has 14 heteroatoms. The number of aryl methyl sites for hydroxylation is 1. The Kier molecular flexibility index (Phi) is 7.53. The Labute approximate surface area is 233 Å². The van der Waals surface area contributed by atoms with Crippen LogP contribution in [0.4, 0.5) is 5.69 Å². The average molecular weight is 609 g/mol. The van der Waals surface area contributed by atoms with Crippen molar-refractivity contribution in [3.05, 3.63) is 97.5 Å². The molecule has 1 aromatic carbocycles. The van der Waals surface area contributed by atoms with E-state index in [0.29, 0.717) is 20.9 Å². The number of H-pyrrole nitrogens is 1. The van der Waals surface area contributed by atoms with E-state index in [9.17, 15) is 24.3 Å². The van der Waals surface area contributed by atoms with Crippen LogP contribution >= 0.6 is 15.9 Å². The van der Waals surface area contributed by atoms with E-state index < -0.39 is 35.5 Å². The van der Waals surface area contributed by atoms with Crippen LogP contribution in [-0.2, 0) is 20.8 Å². The second-order valence-corrected chi connectivity index (χ2v) is 9.69. The number of ether oxygens (including phenoxy) is 2. The summed E-state index contributed by atoms with van der Waals surface area (Å²) in [6.45, 7) is 1.05. The van der Waals surface area contributed by atoms with Crippen molar-refractivity contribution in [2.24, 2.45) is 10.2 Å². The Hall–Kier alpha value is -4.69. The molecule has 5 rings (SSSR count). The van der Waals surface area contributed by atoms with Crippen LogP contribution in [0.15, 0.2) is 85.4 Å². The van der Waals surface area contributed by atoms with Gasteiger partial charge in [-0.15, -0.1) is 10.2 Å². The van der Waals surface area contributed by atoms with Crippen molar-refractivity contribution in [1.82, 2.24) is 19.1 Å². The number of aromatic nitrogens is 4. The van der Waals surface area contributed by atoms with E-state index in [-0.39, 0.29) is 30.3 Å². The third-order valence-electron chi connectivity index (χ3n) is 6.06. The first-order chi connectivity index (χ1) is 19.2. The van der Waals surface area contributed by atoms with E-state index in [4.69, 9.17) is 9.47 Å². The van der Waals surface area contributed by atoms with Gasteiger partial charge in [0.05, 0.1) is 5.52 Å². The van der Waals surface area contributed by atoms with E-state index in [1.54, 1.807) is 37.3 Å². The number of hydrogen-bond donors (Lipinski definition) is 2. The minimum atomic E-state index is -0.773. The Bertz CT molecular complexity index is 1790. The fraction of sp³-hybridized carbons (Fsp3) is 0.192. The van der Waals surface area contributed by atoms with Crippen molar-refractivity contribution in [2.75, 3.05) is 6.61 Å². The molecule has 0 saturated carbocycles. The summed E-state index contributed by atoms with van der Waals surface area (Å²) in [7, 11) is 0. The largest absolute Gasteiger partial charge is 0.493 e. The number of carbonyl (C=O) groups is 2. The predicted octanol–water partition coefficient (Wildman–Crippen LogP) is 3.28. The first kappa shape index (κ1) is 26.9. The van der Waals surface area contributed by atoms with Crippen LogP contribution in [0.3, 0.4) is 0 Å². The first-order valence-corrected chi connectivity index (χ1v) is 12.7. The van der Waals surface area contributed by atoms with Crippen LogP contribution in [0.25, 0.3) is 10.9 Å². The number of nitrogens with one attached hydrogen (secondary N) is 1. The molecule has 1 amide bonds. The highest BCUT2D eigenvalue weighted by atomic mass is 79.9. The molecule has 204 valence electrons. The normalized spacial score (nSPS) is 16.6. The molecule has 2 N–H and O–H groups in total. The molecule has 0 aliphatic carbocycles. The molecule has 0 saturated heterocycles. The predicted molar refractivity (Wildman–Crippen MR) is 144 cm³/mol. The van der Waals surface area contributed by atoms with Gasteiger partial charge in [-0.2, -0.15) is 0 Å². The number of halogens is 1. The molecule has 13 nitrogen and oxygen atoms in total. The molecular weight excluding hydrogens is 588 g/mol. The lowest BCUT2D eigenvalue weighted by atomic mass is 10.2. The number of esters is 1. The highest BCUT2D eigenvalue weighted by Gasteiger charge is 2.24. The summed E-state index contributed by atoms with van der Waals surface area (Å²) in [6, 6.07) is 8.06. The number of benzene rings is 1. The van der Waals surface area contributed by atoms with Gasteiger partial charge in [0.1, 0.15) is 19.3 Å². The second kappa shape index (κ2) is 11.2. The molecule has 0 bridgehead atoms. The summed E-state index contributed by atoms with van der Waals surface area (Å²) < 4.78 is 14.3. The highest BCUT2D eigenvalue weighted by Crippen LogP contribution is 2.40. The number of amides is 1. The first-order valence-electron chi connectivity index (χ1n) is 11.9. The zero-order valence-electron chi connectivity index (χ0n) is 20.9. The molecule has 0 fully saturated rings. The lowest BCUT2D eigenvalue weighted by molar-refractivity contribution is -0.148. The van der Waals surface area contributed by atoms with Gasteiger partial charge < -0.3 is 14.6 Å². The molecule has 1 aliphatic rings. The average Bonchev–Trinajstić information content (AvgIpc) is 3.51. The zero-order chi connectivity index (χ0) is 28.4. The van der Waals surface area contributed by atoms with E-state index in [1.165, 1.54) is 39.9 Å². The van der Waals surface area contributed by atoms with Gasteiger partial charge in [-0.05, 0) is 43.3 Å². The number of pyridine rings is 1. The summed E-state index contributed by atoms with van der Waals surface area (Å²) >= 11 is 3.38. The second-order valence-electron chi connectivity index (χ2n) is 8.77. The van der Waals surface area contributed by atoms with Gasteiger partial charge in [0.2, 0.25) is 5.88 Å². The Morgan fingerprint density at radius 2 is 1.98 bits per heavy atom. The Morgan fingerprint density at radius 1 is 1.20 bits per heavy atom. The molecule has 0 spiro atoms. The van der Waals surface area contributed by atoms with Gasteiger partial charge in [0.15, 0.2) is 11.9 Å². The van der Waals surface area contributed by atoms with Crippen LogP contribution in [0.5, 0.6) is 5.88 Å². The quantitative estimate of drug-likeness (QED) is 0.183. The standard InChI is InChI=1S/C26H21BrN6O7/c1-14-11-33(26(38)29-23(14)35)20-5-3-17(40-20)13-39-21(34)12-32-19-4-2-16(27)10-18(19)22(25(32)37)30-31-24(36)15-6-8-28-9-7-15/h2-11,17,20,37H,12-13H2,1H3,(H,29,35,38). The molecule has 3 aromatic heterocycles. The van der Waals surface area contributed by atoms with Gasteiger partial charge in [-0.3, -0.25) is 33.5 Å². The van der Waals surface area contributed by atoms with Crippen molar-refractivity contribution in [1.29, 1.82) is 0 Å². The van der Waals surface area contributed by atoms with Crippen LogP contribution in [0.2, 0.25) is 0 Å². The van der Waals surface area contributed by atoms with Gasteiger partial charge in [-0.1, -0.05) is 22.0 Å². The lowest BCUT2D eigenvalue weighted by Gasteiger charge is -2.16. The van der Waals surface area contributed by atoms with E-state index in [1.807, 2.05) is 0 Å². The van der Waals surface area contributed by atoms with Crippen LogP contribution in [0, 0.1) is 6.92 Å². The van der Waals surface area contributed by atoms with Crippen molar-refractivity contribution >= 4 is 44.4 Å². The minimum Gasteiger partial charge on any atom is -0.493 e. The van der Waals surface area contributed by atoms with Crippen molar-refractivity contribution < 1.29 is 24.2 Å². The number of hydrogen-bond acceptors (Lipinski definition) is 9. The molecule has 2 unspecified atom stereocenters. The van der Waals surface area contributed by atoms with Crippen molar-refractivity contribution in [3.8, 4) is 5.88 Å². The topological polar surface area (TPSA) is 170 Å². The number of fused-ring (bicyclic) bond motifs is 1. The molecule has 4 aromatic rings. The summed E-state index contributed by atoms with van der Waals surface area (Å²) in [4.78, 5) is 54.9. The summed E-state index contributed by atoms with van der Waals surface area (Å²) in [5.41, 5.74) is -0.00624. The number of azo groups is 1. The van der Waals surface area contributed by atoms with Gasteiger partial charge >= 0.3 is 11.7 Å². The summed E-state index contributed by atoms with van der Waals surface area (Å²) in [6.07, 6.45) is 6.14. The molecule has 40 heavy (non-hydrogen) atoms. The maximum Gasteiger partial charge on any atom is 0.330 e. The Morgan fingerprint density at radius 3 is 2.75 bits per heavy atom. The molecule has 0 radical (unpaired) electrons. The Balaban J connectivity index is 1.28. The third-order valence-corrected chi connectivity index (χ3v) is 6.55. The number of carbonyl (C=O) groups excluding carboxylic acids is 2. The lowest BCUT2D eigenvalue weighted by Crippen LogP contribution is -2.33. The number of aromatic amines is 1.